The molecule has 0 unspecified atom stereocenters. The molecule has 0 saturated carbocycles. The fourth-order valence-electron chi connectivity index (χ4n) is 6.73. The van der Waals surface area contributed by atoms with Crippen LogP contribution < -0.4 is 0 Å². The zero-order chi connectivity index (χ0) is 29.5. The number of hydrogen-bond acceptors (Lipinski definition) is 5. The highest BCUT2D eigenvalue weighted by Gasteiger charge is 2.17. The predicted molar refractivity (Wildman–Crippen MR) is 191 cm³/mol. The fourth-order valence-corrected chi connectivity index (χ4v) is 9.12. The number of thiophene rings is 2. The quantitative estimate of drug-likeness (QED) is 0.200. The second kappa shape index (κ2) is 9.57. The van der Waals surface area contributed by atoms with Gasteiger partial charge in [0.15, 0.2) is 0 Å². The molecule has 4 heterocycles. The van der Waals surface area contributed by atoms with Crippen molar-refractivity contribution in [2.24, 2.45) is 0 Å². The van der Waals surface area contributed by atoms with Gasteiger partial charge in [-0.25, -0.2) is 9.97 Å². The van der Waals surface area contributed by atoms with Crippen LogP contribution in [0.5, 0.6) is 0 Å². The van der Waals surface area contributed by atoms with Gasteiger partial charge in [-0.05, 0) is 47.0 Å². The van der Waals surface area contributed by atoms with Crippen LogP contribution >= 0.6 is 22.7 Å². The molecular formula is C40H22N2OS2. The van der Waals surface area contributed by atoms with E-state index in [1.807, 2.05) is 23.5 Å². The normalized spacial score (nSPS) is 12.0. The second-order valence-corrected chi connectivity index (χ2v) is 13.5. The summed E-state index contributed by atoms with van der Waals surface area (Å²) in [5, 5.41) is 6.03. The van der Waals surface area contributed by atoms with Crippen LogP contribution in [0.15, 0.2) is 138 Å². The largest absolute Gasteiger partial charge is 0.455 e. The number of para-hydroxylation sites is 2. The minimum Gasteiger partial charge on any atom is -0.455 e. The molecule has 3 nitrogen and oxygen atoms in total. The maximum atomic E-state index is 6.37. The molecule has 0 amide bonds. The van der Waals surface area contributed by atoms with Crippen LogP contribution in [0.2, 0.25) is 0 Å². The number of fused-ring (bicyclic) bond motifs is 9. The Balaban J connectivity index is 1.12. The summed E-state index contributed by atoms with van der Waals surface area (Å²) in [6.07, 6.45) is 1.70. The van der Waals surface area contributed by atoms with Crippen molar-refractivity contribution in [2.45, 2.75) is 0 Å². The van der Waals surface area contributed by atoms with Crippen LogP contribution in [0.3, 0.4) is 0 Å². The molecule has 5 heteroatoms. The molecule has 0 saturated heterocycles. The number of nitrogens with zero attached hydrogens (tertiary/aromatic N) is 2. The Hall–Kier alpha value is -5.36. The van der Waals surface area contributed by atoms with Crippen LogP contribution in [0.4, 0.5) is 0 Å². The van der Waals surface area contributed by atoms with E-state index in [0.29, 0.717) is 0 Å². The molecule has 10 rings (SSSR count). The van der Waals surface area contributed by atoms with Crippen molar-refractivity contribution in [3.8, 4) is 33.5 Å². The minimum atomic E-state index is 0.908. The number of furan rings is 1. The summed E-state index contributed by atoms with van der Waals surface area (Å²) in [5.41, 5.74) is 9.51. The van der Waals surface area contributed by atoms with Gasteiger partial charge in [0.25, 0.3) is 0 Å². The summed E-state index contributed by atoms with van der Waals surface area (Å²) in [7, 11) is 0. The molecule has 4 aromatic heterocycles. The molecule has 0 atom stereocenters. The lowest BCUT2D eigenvalue weighted by atomic mass is 9.99. The standard InChI is InChI=1S/C40H22N2OS2/c1-3-16-33-28(10-1)30-14-6-12-26(38(30)43-33)24-18-19-35-32(21-24)37-40(45-35)36(41-22-42-37)25-9-5-8-23(20-25)27-13-7-15-31-29-11-2-4-17-34(29)44-39(27)31/h1-22H. The van der Waals surface area contributed by atoms with Gasteiger partial charge in [-0.1, -0.05) is 97.1 Å². The molecule has 6 aromatic carbocycles. The molecule has 0 bridgehead atoms. The lowest BCUT2D eigenvalue weighted by Crippen LogP contribution is -1.87. The first kappa shape index (κ1) is 25.0. The zero-order valence-electron chi connectivity index (χ0n) is 23.8. The first-order chi connectivity index (χ1) is 22.3. The number of hydrogen-bond donors (Lipinski definition) is 0. The van der Waals surface area contributed by atoms with Crippen molar-refractivity contribution in [1.82, 2.24) is 9.97 Å². The van der Waals surface area contributed by atoms with Crippen molar-refractivity contribution in [2.75, 3.05) is 0 Å². The molecule has 210 valence electrons. The third kappa shape index (κ3) is 3.75. The molecule has 45 heavy (non-hydrogen) atoms. The summed E-state index contributed by atoms with van der Waals surface area (Å²) in [5.74, 6) is 0. The highest BCUT2D eigenvalue weighted by atomic mass is 32.1. The van der Waals surface area contributed by atoms with Crippen molar-refractivity contribution in [3.63, 3.8) is 0 Å². The van der Waals surface area contributed by atoms with Gasteiger partial charge < -0.3 is 4.42 Å². The lowest BCUT2D eigenvalue weighted by Gasteiger charge is -2.07. The smallest absolute Gasteiger partial charge is 0.143 e. The minimum absolute atomic E-state index is 0.908. The Morgan fingerprint density at radius 1 is 0.467 bits per heavy atom. The fraction of sp³-hybridized carbons (Fsp3) is 0. The Labute approximate surface area is 265 Å². The van der Waals surface area contributed by atoms with E-state index in [9.17, 15) is 0 Å². The van der Waals surface area contributed by atoms with Gasteiger partial charge in [-0.3, -0.25) is 0 Å². The number of benzene rings is 6. The molecule has 0 spiro atoms. The van der Waals surface area contributed by atoms with Crippen molar-refractivity contribution >= 4 is 85.1 Å². The highest BCUT2D eigenvalue weighted by Crippen LogP contribution is 2.43. The Morgan fingerprint density at radius 2 is 1.18 bits per heavy atom. The van der Waals surface area contributed by atoms with Crippen molar-refractivity contribution in [1.29, 1.82) is 0 Å². The number of rotatable bonds is 3. The highest BCUT2D eigenvalue weighted by molar-refractivity contribution is 7.26. The Morgan fingerprint density at radius 3 is 2.13 bits per heavy atom. The van der Waals surface area contributed by atoms with Crippen LogP contribution in [-0.4, -0.2) is 9.97 Å². The van der Waals surface area contributed by atoms with E-state index in [1.165, 1.54) is 36.0 Å². The van der Waals surface area contributed by atoms with Gasteiger partial charge in [-0.15, -0.1) is 22.7 Å². The first-order valence-electron chi connectivity index (χ1n) is 14.9. The van der Waals surface area contributed by atoms with E-state index in [0.717, 1.165) is 59.9 Å². The zero-order valence-corrected chi connectivity index (χ0v) is 25.5. The average molecular weight is 611 g/mol. The van der Waals surface area contributed by atoms with Crippen molar-refractivity contribution < 1.29 is 4.42 Å². The summed E-state index contributed by atoms with van der Waals surface area (Å²) >= 11 is 3.62. The van der Waals surface area contributed by atoms with Gasteiger partial charge in [-0.2, -0.15) is 0 Å². The van der Waals surface area contributed by atoms with Gasteiger partial charge >= 0.3 is 0 Å². The summed E-state index contributed by atoms with van der Waals surface area (Å²) in [6.45, 7) is 0. The van der Waals surface area contributed by atoms with E-state index in [1.54, 1.807) is 17.7 Å². The van der Waals surface area contributed by atoms with E-state index in [-0.39, 0.29) is 0 Å². The second-order valence-electron chi connectivity index (χ2n) is 11.4. The monoisotopic (exact) mass is 610 g/mol. The Bertz CT molecular complexity index is 2780. The predicted octanol–water partition coefficient (Wildman–Crippen LogP) is 12.1. The van der Waals surface area contributed by atoms with Gasteiger partial charge in [0.2, 0.25) is 0 Å². The SMILES string of the molecule is c1cc(-c2cccc3c2sc2ccccc23)cc(-c2ncnc3c2sc2ccc(-c4cccc5c4oc4ccccc45)cc23)c1. The van der Waals surface area contributed by atoms with E-state index in [4.69, 9.17) is 14.4 Å². The van der Waals surface area contributed by atoms with Crippen LogP contribution in [0.25, 0.3) is 95.9 Å². The third-order valence-corrected chi connectivity index (χ3v) is 11.2. The molecule has 10 aromatic rings. The first-order valence-corrected chi connectivity index (χ1v) is 16.5. The van der Waals surface area contributed by atoms with E-state index in [2.05, 4.69) is 115 Å². The molecule has 0 fully saturated rings. The van der Waals surface area contributed by atoms with Crippen LogP contribution in [-0.2, 0) is 0 Å². The summed E-state index contributed by atoms with van der Waals surface area (Å²) < 4.78 is 11.3. The molecular weight excluding hydrogens is 589 g/mol. The summed E-state index contributed by atoms with van der Waals surface area (Å²) in [4.78, 5) is 9.65. The third-order valence-electron chi connectivity index (χ3n) is 8.82. The molecule has 0 radical (unpaired) electrons. The van der Waals surface area contributed by atoms with Crippen LogP contribution in [0.1, 0.15) is 0 Å². The molecule has 0 aliphatic rings. The van der Waals surface area contributed by atoms with E-state index >= 15 is 0 Å². The molecule has 0 N–H and O–H groups in total. The van der Waals surface area contributed by atoms with Crippen LogP contribution in [0, 0.1) is 0 Å². The van der Waals surface area contributed by atoms with Crippen molar-refractivity contribution in [3.05, 3.63) is 134 Å². The summed E-state index contributed by atoms with van der Waals surface area (Å²) in [6, 6.07) is 45.4. The maximum Gasteiger partial charge on any atom is 0.143 e. The molecule has 0 aliphatic heterocycles. The van der Waals surface area contributed by atoms with Gasteiger partial charge in [0.05, 0.1) is 15.9 Å². The topological polar surface area (TPSA) is 38.9 Å². The van der Waals surface area contributed by atoms with Gasteiger partial charge in [0, 0.05) is 52.2 Å². The maximum absolute atomic E-state index is 6.37. The number of aromatic nitrogens is 2. The molecule has 0 aliphatic carbocycles. The van der Waals surface area contributed by atoms with E-state index < -0.39 is 0 Å². The lowest BCUT2D eigenvalue weighted by molar-refractivity contribution is 0.670. The van der Waals surface area contributed by atoms with Gasteiger partial charge in [0.1, 0.15) is 17.5 Å². The average Bonchev–Trinajstić information content (AvgIpc) is 3.79. The Kier molecular flexibility index (Phi) is 5.32.